The third-order valence-electron chi connectivity index (χ3n) is 3.37. The van der Waals surface area contributed by atoms with E-state index in [0.29, 0.717) is 12.0 Å². The van der Waals surface area contributed by atoms with Crippen LogP contribution in [0.25, 0.3) is 0 Å². The molecule has 2 rings (SSSR count). The van der Waals surface area contributed by atoms with E-state index in [-0.39, 0.29) is 0 Å². The Labute approximate surface area is 110 Å². The highest BCUT2D eigenvalue weighted by Crippen LogP contribution is 2.20. The zero-order valence-corrected chi connectivity index (χ0v) is 11.3. The van der Waals surface area contributed by atoms with E-state index in [9.17, 15) is 0 Å². The van der Waals surface area contributed by atoms with E-state index in [1.54, 1.807) is 0 Å². The SMILES string of the molecule is CC(C)c1cccc([C@@H]([NH3+])Cc2ccccc2)c1. The molecule has 0 radical (unpaired) electrons. The van der Waals surface area contributed by atoms with Crippen molar-refractivity contribution in [3.8, 4) is 0 Å². The van der Waals surface area contributed by atoms with E-state index in [4.69, 9.17) is 0 Å². The van der Waals surface area contributed by atoms with Gasteiger partial charge in [-0.25, -0.2) is 0 Å². The van der Waals surface area contributed by atoms with E-state index in [2.05, 4.69) is 74.2 Å². The number of rotatable bonds is 4. The standard InChI is InChI=1S/C17H21N/c1-13(2)15-9-6-10-16(12-15)17(18)11-14-7-4-3-5-8-14/h3-10,12-13,17H,11,18H2,1-2H3/p+1/t17-/m0/s1. The molecule has 0 aromatic heterocycles. The quantitative estimate of drug-likeness (QED) is 0.849. The number of hydrogen-bond donors (Lipinski definition) is 1. The zero-order valence-electron chi connectivity index (χ0n) is 11.3. The third-order valence-corrected chi connectivity index (χ3v) is 3.37. The lowest BCUT2D eigenvalue weighted by Gasteiger charge is -2.12. The summed E-state index contributed by atoms with van der Waals surface area (Å²) in [6, 6.07) is 19.7. The van der Waals surface area contributed by atoms with Gasteiger partial charge in [-0.05, 0) is 23.1 Å². The first-order chi connectivity index (χ1) is 8.66. The van der Waals surface area contributed by atoms with Gasteiger partial charge in [-0.3, -0.25) is 0 Å². The van der Waals surface area contributed by atoms with Gasteiger partial charge in [0.2, 0.25) is 0 Å². The summed E-state index contributed by atoms with van der Waals surface area (Å²) in [6.07, 6.45) is 1.00. The van der Waals surface area contributed by atoms with Crippen LogP contribution in [0.15, 0.2) is 54.6 Å². The molecule has 0 spiro atoms. The molecule has 0 amide bonds. The van der Waals surface area contributed by atoms with Gasteiger partial charge in [-0.2, -0.15) is 0 Å². The predicted molar refractivity (Wildman–Crippen MR) is 76.3 cm³/mol. The van der Waals surface area contributed by atoms with Crippen LogP contribution < -0.4 is 5.73 Å². The fourth-order valence-corrected chi connectivity index (χ4v) is 2.19. The summed E-state index contributed by atoms with van der Waals surface area (Å²) in [7, 11) is 0. The third kappa shape index (κ3) is 3.21. The molecule has 0 fully saturated rings. The van der Waals surface area contributed by atoms with Crippen LogP contribution in [0.1, 0.15) is 42.5 Å². The molecule has 1 atom stereocenters. The van der Waals surface area contributed by atoms with Crippen LogP contribution in [0, 0.1) is 0 Å². The molecule has 0 heterocycles. The Bertz CT molecular complexity index is 488. The molecular formula is C17H22N+. The van der Waals surface area contributed by atoms with Gasteiger partial charge in [0.05, 0.1) is 0 Å². The van der Waals surface area contributed by atoms with Crippen LogP contribution in [0.4, 0.5) is 0 Å². The second-order valence-electron chi connectivity index (χ2n) is 5.21. The minimum atomic E-state index is 0.325. The minimum Gasteiger partial charge on any atom is -0.351 e. The molecule has 0 bridgehead atoms. The van der Waals surface area contributed by atoms with E-state index in [1.807, 2.05) is 0 Å². The fourth-order valence-electron chi connectivity index (χ4n) is 2.19. The fraction of sp³-hybridized carbons (Fsp3) is 0.294. The largest absolute Gasteiger partial charge is 0.351 e. The molecule has 0 aliphatic rings. The molecule has 0 unspecified atom stereocenters. The maximum atomic E-state index is 4.30. The van der Waals surface area contributed by atoms with Crippen LogP contribution in [0.2, 0.25) is 0 Å². The van der Waals surface area contributed by atoms with Crippen LogP contribution in [-0.2, 0) is 6.42 Å². The van der Waals surface area contributed by atoms with Crippen LogP contribution in [0.5, 0.6) is 0 Å². The molecule has 0 saturated heterocycles. The van der Waals surface area contributed by atoms with Crippen molar-refractivity contribution in [1.82, 2.24) is 0 Å². The van der Waals surface area contributed by atoms with Crippen molar-refractivity contribution in [2.45, 2.75) is 32.2 Å². The van der Waals surface area contributed by atoms with Crippen molar-refractivity contribution in [1.29, 1.82) is 0 Å². The summed E-state index contributed by atoms with van der Waals surface area (Å²) >= 11 is 0. The minimum absolute atomic E-state index is 0.325. The topological polar surface area (TPSA) is 27.6 Å². The van der Waals surface area contributed by atoms with Crippen molar-refractivity contribution >= 4 is 0 Å². The Kier molecular flexibility index (Phi) is 4.16. The van der Waals surface area contributed by atoms with Crippen LogP contribution in [0.3, 0.4) is 0 Å². The maximum absolute atomic E-state index is 4.30. The maximum Gasteiger partial charge on any atom is 0.114 e. The average Bonchev–Trinajstić information content (AvgIpc) is 2.40. The van der Waals surface area contributed by atoms with E-state index >= 15 is 0 Å². The Morgan fingerprint density at radius 1 is 0.889 bits per heavy atom. The van der Waals surface area contributed by atoms with Crippen molar-refractivity contribution in [2.75, 3.05) is 0 Å². The molecule has 3 N–H and O–H groups in total. The smallest absolute Gasteiger partial charge is 0.114 e. The van der Waals surface area contributed by atoms with Gasteiger partial charge in [-0.15, -0.1) is 0 Å². The van der Waals surface area contributed by atoms with Gasteiger partial charge in [0, 0.05) is 12.0 Å². The Morgan fingerprint density at radius 3 is 2.22 bits per heavy atom. The summed E-state index contributed by atoms with van der Waals surface area (Å²) in [4.78, 5) is 0. The van der Waals surface area contributed by atoms with Gasteiger partial charge in [0.1, 0.15) is 6.04 Å². The second kappa shape index (κ2) is 5.83. The monoisotopic (exact) mass is 240 g/mol. The molecular weight excluding hydrogens is 218 g/mol. The summed E-state index contributed by atoms with van der Waals surface area (Å²) in [6.45, 7) is 4.46. The molecule has 2 aromatic carbocycles. The molecule has 1 nitrogen and oxygen atoms in total. The Balaban J connectivity index is 2.14. The number of benzene rings is 2. The van der Waals surface area contributed by atoms with E-state index < -0.39 is 0 Å². The highest BCUT2D eigenvalue weighted by Gasteiger charge is 2.11. The molecule has 1 heteroatoms. The average molecular weight is 240 g/mol. The summed E-state index contributed by atoms with van der Waals surface area (Å²) in [5, 5.41) is 0. The van der Waals surface area contributed by atoms with Crippen LogP contribution >= 0.6 is 0 Å². The summed E-state index contributed by atoms with van der Waals surface area (Å²) in [5.74, 6) is 0.578. The summed E-state index contributed by atoms with van der Waals surface area (Å²) in [5.41, 5.74) is 8.39. The first-order valence-corrected chi connectivity index (χ1v) is 6.63. The lowest BCUT2D eigenvalue weighted by Crippen LogP contribution is -2.54. The van der Waals surface area contributed by atoms with Gasteiger partial charge in [0.15, 0.2) is 0 Å². The Morgan fingerprint density at radius 2 is 1.56 bits per heavy atom. The highest BCUT2D eigenvalue weighted by atomic mass is 14.6. The first-order valence-electron chi connectivity index (χ1n) is 6.63. The lowest BCUT2D eigenvalue weighted by molar-refractivity contribution is -0.426. The van der Waals surface area contributed by atoms with Gasteiger partial charge < -0.3 is 5.73 Å². The predicted octanol–water partition coefficient (Wildman–Crippen LogP) is 3.34. The number of quaternary nitrogens is 1. The van der Waals surface area contributed by atoms with Crippen molar-refractivity contribution < 1.29 is 5.73 Å². The number of hydrogen-bond acceptors (Lipinski definition) is 0. The molecule has 94 valence electrons. The van der Waals surface area contributed by atoms with Crippen molar-refractivity contribution in [3.63, 3.8) is 0 Å². The van der Waals surface area contributed by atoms with E-state index in [0.717, 1.165) is 6.42 Å². The van der Waals surface area contributed by atoms with Gasteiger partial charge in [0.25, 0.3) is 0 Å². The first kappa shape index (κ1) is 12.8. The Hall–Kier alpha value is -1.60. The van der Waals surface area contributed by atoms with Crippen LogP contribution in [-0.4, -0.2) is 0 Å². The molecule has 0 aliphatic carbocycles. The summed E-state index contributed by atoms with van der Waals surface area (Å²) < 4.78 is 0. The second-order valence-corrected chi connectivity index (χ2v) is 5.21. The van der Waals surface area contributed by atoms with Gasteiger partial charge >= 0.3 is 0 Å². The van der Waals surface area contributed by atoms with Gasteiger partial charge in [-0.1, -0.05) is 62.4 Å². The van der Waals surface area contributed by atoms with Crippen molar-refractivity contribution in [3.05, 3.63) is 71.3 Å². The normalized spacial score (nSPS) is 12.7. The van der Waals surface area contributed by atoms with E-state index in [1.165, 1.54) is 16.7 Å². The zero-order chi connectivity index (χ0) is 13.0. The molecule has 18 heavy (non-hydrogen) atoms. The highest BCUT2D eigenvalue weighted by molar-refractivity contribution is 5.28. The molecule has 2 aromatic rings. The molecule has 0 aliphatic heterocycles. The lowest BCUT2D eigenvalue weighted by atomic mass is 9.95. The molecule has 0 saturated carbocycles. The van der Waals surface area contributed by atoms with Crippen molar-refractivity contribution in [2.24, 2.45) is 0 Å².